The van der Waals surface area contributed by atoms with Gasteiger partial charge >= 0.3 is 0 Å². The average Bonchev–Trinajstić information content (AvgIpc) is 2.42. The van der Waals surface area contributed by atoms with Crippen molar-refractivity contribution in [2.45, 2.75) is 20.3 Å². The highest BCUT2D eigenvalue weighted by Gasteiger charge is 2.07. The first-order valence-electron chi connectivity index (χ1n) is 6.96. The lowest BCUT2D eigenvalue weighted by atomic mass is 10.1. The standard InChI is InChI=1S/C17H21N3O/c1-12-5-10-16(13(2)18-12)19-17(21)11-14-6-8-15(9-7-14)20(3)4/h5-10H,11H2,1-4H3,(H,19,21). The summed E-state index contributed by atoms with van der Waals surface area (Å²) in [6.45, 7) is 3.83. The van der Waals surface area contributed by atoms with E-state index in [1.165, 1.54) is 0 Å². The minimum absolute atomic E-state index is 0.0265. The van der Waals surface area contributed by atoms with Gasteiger partial charge in [0.2, 0.25) is 5.91 Å². The SMILES string of the molecule is Cc1ccc(NC(=O)Cc2ccc(N(C)C)cc2)c(C)n1. The molecule has 4 heteroatoms. The first-order valence-corrected chi connectivity index (χ1v) is 6.96. The molecule has 1 N–H and O–H groups in total. The Morgan fingerprint density at radius 3 is 2.33 bits per heavy atom. The van der Waals surface area contributed by atoms with Crippen molar-refractivity contribution >= 4 is 17.3 Å². The van der Waals surface area contributed by atoms with E-state index in [-0.39, 0.29) is 5.91 Å². The van der Waals surface area contributed by atoms with Crippen molar-refractivity contribution in [3.63, 3.8) is 0 Å². The van der Waals surface area contributed by atoms with Crippen LogP contribution < -0.4 is 10.2 Å². The number of benzene rings is 1. The number of aryl methyl sites for hydroxylation is 2. The lowest BCUT2D eigenvalue weighted by Crippen LogP contribution is -2.16. The molecule has 110 valence electrons. The highest BCUT2D eigenvalue weighted by Crippen LogP contribution is 2.15. The topological polar surface area (TPSA) is 45.2 Å². The molecule has 0 aliphatic rings. The quantitative estimate of drug-likeness (QED) is 0.938. The molecule has 0 unspecified atom stereocenters. The van der Waals surface area contributed by atoms with E-state index in [0.717, 1.165) is 28.3 Å². The molecular weight excluding hydrogens is 262 g/mol. The monoisotopic (exact) mass is 283 g/mol. The lowest BCUT2D eigenvalue weighted by molar-refractivity contribution is -0.115. The number of hydrogen-bond acceptors (Lipinski definition) is 3. The van der Waals surface area contributed by atoms with Gasteiger partial charge < -0.3 is 10.2 Å². The van der Waals surface area contributed by atoms with Crippen LogP contribution in [0.25, 0.3) is 0 Å². The summed E-state index contributed by atoms with van der Waals surface area (Å²) in [5.74, 6) is -0.0265. The Morgan fingerprint density at radius 1 is 1.10 bits per heavy atom. The Bertz CT molecular complexity index is 633. The van der Waals surface area contributed by atoms with Crippen LogP contribution >= 0.6 is 0 Å². The molecule has 1 aromatic heterocycles. The minimum atomic E-state index is -0.0265. The predicted octanol–water partition coefficient (Wildman–Crippen LogP) is 2.95. The van der Waals surface area contributed by atoms with Gasteiger partial charge in [0, 0.05) is 25.5 Å². The third kappa shape index (κ3) is 4.05. The zero-order chi connectivity index (χ0) is 15.4. The maximum absolute atomic E-state index is 12.1. The van der Waals surface area contributed by atoms with Gasteiger partial charge in [-0.2, -0.15) is 0 Å². The van der Waals surface area contributed by atoms with Gasteiger partial charge in [-0.15, -0.1) is 0 Å². The molecule has 1 aromatic carbocycles. The van der Waals surface area contributed by atoms with Crippen LogP contribution in [0, 0.1) is 13.8 Å². The molecule has 0 spiro atoms. The summed E-state index contributed by atoms with van der Waals surface area (Å²) >= 11 is 0. The van der Waals surface area contributed by atoms with Crippen LogP contribution in [0.4, 0.5) is 11.4 Å². The number of hydrogen-bond donors (Lipinski definition) is 1. The molecule has 0 radical (unpaired) electrons. The maximum atomic E-state index is 12.1. The molecule has 4 nitrogen and oxygen atoms in total. The fourth-order valence-electron chi connectivity index (χ4n) is 2.11. The number of pyridine rings is 1. The molecule has 1 amide bonds. The molecule has 0 fully saturated rings. The van der Waals surface area contributed by atoms with E-state index in [1.54, 1.807) is 0 Å². The van der Waals surface area contributed by atoms with E-state index >= 15 is 0 Å². The second-order valence-corrected chi connectivity index (χ2v) is 5.37. The fraction of sp³-hybridized carbons (Fsp3) is 0.294. The van der Waals surface area contributed by atoms with Crippen LogP contribution in [0.1, 0.15) is 17.0 Å². The Morgan fingerprint density at radius 2 is 1.76 bits per heavy atom. The van der Waals surface area contributed by atoms with E-state index in [2.05, 4.69) is 10.3 Å². The summed E-state index contributed by atoms with van der Waals surface area (Å²) < 4.78 is 0. The van der Waals surface area contributed by atoms with Crippen molar-refractivity contribution < 1.29 is 4.79 Å². The summed E-state index contributed by atoms with van der Waals surface area (Å²) in [6.07, 6.45) is 0.362. The van der Waals surface area contributed by atoms with Crippen molar-refractivity contribution in [2.24, 2.45) is 0 Å². The fourth-order valence-corrected chi connectivity index (χ4v) is 2.11. The van der Waals surface area contributed by atoms with Gasteiger partial charge in [-0.3, -0.25) is 9.78 Å². The number of aromatic nitrogens is 1. The zero-order valence-corrected chi connectivity index (χ0v) is 13.0. The minimum Gasteiger partial charge on any atom is -0.378 e. The third-order valence-corrected chi connectivity index (χ3v) is 3.32. The number of anilines is 2. The summed E-state index contributed by atoms with van der Waals surface area (Å²) in [6, 6.07) is 11.8. The largest absolute Gasteiger partial charge is 0.378 e. The molecule has 0 saturated heterocycles. The summed E-state index contributed by atoms with van der Waals surface area (Å²) in [5, 5.41) is 2.91. The Balaban J connectivity index is 2.01. The van der Waals surface area contributed by atoms with Gasteiger partial charge in [-0.25, -0.2) is 0 Å². The van der Waals surface area contributed by atoms with Gasteiger partial charge in [-0.1, -0.05) is 12.1 Å². The van der Waals surface area contributed by atoms with Gasteiger partial charge in [0.15, 0.2) is 0 Å². The molecule has 21 heavy (non-hydrogen) atoms. The van der Waals surface area contributed by atoms with Crippen molar-refractivity contribution in [1.82, 2.24) is 4.98 Å². The summed E-state index contributed by atoms with van der Waals surface area (Å²) in [7, 11) is 3.99. The molecule has 2 rings (SSSR count). The van der Waals surface area contributed by atoms with Crippen LogP contribution in [0.3, 0.4) is 0 Å². The van der Waals surface area contributed by atoms with E-state index in [9.17, 15) is 4.79 Å². The molecule has 0 aliphatic carbocycles. The van der Waals surface area contributed by atoms with Crippen LogP contribution in [0.5, 0.6) is 0 Å². The van der Waals surface area contributed by atoms with Crippen molar-refractivity contribution in [1.29, 1.82) is 0 Å². The molecular formula is C17H21N3O. The Hall–Kier alpha value is -2.36. The van der Waals surface area contributed by atoms with Gasteiger partial charge in [0.25, 0.3) is 0 Å². The van der Waals surface area contributed by atoms with Crippen LogP contribution in [0.2, 0.25) is 0 Å². The highest BCUT2D eigenvalue weighted by molar-refractivity contribution is 5.92. The number of nitrogens with one attached hydrogen (secondary N) is 1. The Labute approximate surface area is 125 Å². The average molecular weight is 283 g/mol. The summed E-state index contributed by atoms with van der Waals surface area (Å²) in [4.78, 5) is 18.5. The second-order valence-electron chi connectivity index (χ2n) is 5.37. The maximum Gasteiger partial charge on any atom is 0.228 e. The van der Waals surface area contributed by atoms with Crippen molar-refractivity contribution in [2.75, 3.05) is 24.3 Å². The van der Waals surface area contributed by atoms with Gasteiger partial charge in [0.1, 0.15) is 0 Å². The smallest absolute Gasteiger partial charge is 0.228 e. The molecule has 0 aliphatic heterocycles. The van der Waals surface area contributed by atoms with Crippen LogP contribution in [0.15, 0.2) is 36.4 Å². The van der Waals surface area contributed by atoms with Crippen molar-refractivity contribution in [3.8, 4) is 0 Å². The van der Waals surface area contributed by atoms with E-state index in [0.29, 0.717) is 6.42 Å². The molecule has 0 atom stereocenters. The molecule has 2 aromatic rings. The normalized spacial score (nSPS) is 10.3. The first kappa shape index (κ1) is 15.0. The molecule has 0 saturated carbocycles. The van der Waals surface area contributed by atoms with E-state index < -0.39 is 0 Å². The van der Waals surface area contributed by atoms with Crippen molar-refractivity contribution in [3.05, 3.63) is 53.3 Å². The van der Waals surface area contributed by atoms with Crippen LogP contribution in [-0.4, -0.2) is 25.0 Å². The zero-order valence-electron chi connectivity index (χ0n) is 13.0. The number of carbonyl (C=O) groups is 1. The molecule has 1 heterocycles. The van der Waals surface area contributed by atoms with Crippen LogP contribution in [-0.2, 0) is 11.2 Å². The summed E-state index contributed by atoms with van der Waals surface area (Å²) in [5.41, 5.74) is 4.68. The highest BCUT2D eigenvalue weighted by atomic mass is 16.1. The van der Waals surface area contributed by atoms with Gasteiger partial charge in [-0.05, 0) is 43.7 Å². The van der Waals surface area contributed by atoms with Gasteiger partial charge in [0.05, 0.1) is 17.8 Å². The lowest BCUT2D eigenvalue weighted by Gasteiger charge is -2.13. The number of carbonyl (C=O) groups excluding carboxylic acids is 1. The first-order chi connectivity index (χ1) is 9.95. The number of nitrogens with zero attached hydrogens (tertiary/aromatic N) is 2. The van der Waals surface area contributed by atoms with E-state index in [4.69, 9.17) is 0 Å². The predicted molar refractivity (Wildman–Crippen MR) is 86.8 cm³/mol. The number of rotatable bonds is 4. The second kappa shape index (κ2) is 6.39. The third-order valence-electron chi connectivity index (χ3n) is 3.32. The molecule has 0 bridgehead atoms. The number of amides is 1. The Kier molecular flexibility index (Phi) is 4.58. The van der Waals surface area contributed by atoms with E-state index in [1.807, 2.05) is 69.2 Å².